The maximum Gasteiger partial charge on any atom is 0.410 e. The van der Waals surface area contributed by atoms with Crippen molar-refractivity contribution in [1.82, 2.24) is 4.90 Å². The molecule has 0 N–H and O–H groups in total. The topological polar surface area (TPSA) is 48.0 Å². The summed E-state index contributed by atoms with van der Waals surface area (Å²) in [6.45, 7) is 2.91. The van der Waals surface area contributed by atoms with Crippen LogP contribution in [-0.4, -0.2) is 37.3 Å². The van der Waals surface area contributed by atoms with Gasteiger partial charge in [0.1, 0.15) is 12.4 Å². The van der Waals surface area contributed by atoms with Crippen molar-refractivity contribution in [1.29, 1.82) is 0 Å². The Kier molecular flexibility index (Phi) is 6.65. The van der Waals surface area contributed by atoms with Crippen molar-refractivity contribution in [2.75, 3.05) is 26.3 Å². The number of amides is 1. The largest absolute Gasteiger partial charge is 0.445 e. The van der Waals surface area contributed by atoms with Crippen molar-refractivity contribution in [3.05, 3.63) is 71.0 Å². The Hall–Kier alpha value is -2.44. The summed E-state index contributed by atoms with van der Waals surface area (Å²) >= 11 is 0. The number of rotatable bonds is 6. The van der Waals surface area contributed by atoms with Crippen molar-refractivity contribution in [2.45, 2.75) is 44.5 Å². The highest BCUT2D eigenvalue weighted by Crippen LogP contribution is 2.36. The molecule has 0 saturated carbocycles. The lowest BCUT2D eigenvalue weighted by atomic mass is 9.97. The molecule has 2 heterocycles. The van der Waals surface area contributed by atoms with Crippen LogP contribution in [0.3, 0.4) is 0 Å². The number of hydrogen-bond donors (Lipinski definition) is 0. The number of hydrogen-bond acceptors (Lipinski definition) is 4. The quantitative estimate of drug-likeness (QED) is 0.684. The lowest BCUT2D eigenvalue weighted by Gasteiger charge is -2.28. The van der Waals surface area contributed by atoms with Gasteiger partial charge < -0.3 is 19.1 Å². The van der Waals surface area contributed by atoms with Gasteiger partial charge >= 0.3 is 6.09 Å². The number of carbonyl (C=O) groups is 1. The third kappa shape index (κ3) is 4.99. The van der Waals surface area contributed by atoms with E-state index in [1.54, 1.807) is 17.0 Å². The van der Waals surface area contributed by atoms with E-state index in [1.165, 1.54) is 18.6 Å². The number of likely N-dealkylation sites (tertiary alicyclic amines) is 1. The zero-order chi connectivity index (χ0) is 20.8. The third-order valence-electron chi connectivity index (χ3n) is 5.78. The molecule has 0 bridgehead atoms. The molecule has 0 aliphatic carbocycles. The van der Waals surface area contributed by atoms with Crippen LogP contribution in [-0.2, 0) is 33.0 Å². The van der Waals surface area contributed by atoms with Gasteiger partial charge in [-0.25, -0.2) is 9.18 Å². The average Bonchev–Trinajstić information content (AvgIpc) is 3.28. The van der Waals surface area contributed by atoms with Gasteiger partial charge in [-0.2, -0.15) is 0 Å². The molecule has 5 nitrogen and oxygen atoms in total. The Balaban J connectivity index is 1.31. The number of ether oxygens (including phenoxy) is 3. The van der Waals surface area contributed by atoms with Gasteiger partial charge in [0.2, 0.25) is 0 Å². The Morgan fingerprint density at radius 1 is 0.933 bits per heavy atom. The average molecular weight is 413 g/mol. The number of carbonyl (C=O) groups excluding carboxylic acids is 1. The van der Waals surface area contributed by atoms with Gasteiger partial charge in [0.15, 0.2) is 5.79 Å². The fraction of sp³-hybridized carbons (Fsp3) is 0.458. The van der Waals surface area contributed by atoms with E-state index in [-0.39, 0.29) is 18.5 Å². The first-order chi connectivity index (χ1) is 14.6. The second-order valence-corrected chi connectivity index (χ2v) is 7.88. The first-order valence-electron chi connectivity index (χ1n) is 10.7. The van der Waals surface area contributed by atoms with Gasteiger partial charge in [-0.15, -0.1) is 0 Å². The molecular weight excluding hydrogens is 385 g/mol. The molecule has 4 rings (SSSR count). The Morgan fingerprint density at radius 2 is 1.57 bits per heavy atom. The van der Waals surface area contributed by atoms with Crippen molar-refractivity contribution in [2.24, 2.45) is 0 Å². The molecule has 2 fully saturated rings. The molecule has 2 aromatic carbocycles. The highest BCUT2D eigenvalue weighted by Gasteiger charge is 2.38. The predicted octanol–water partition coefficient (Wildman–Crippen LogP) is 4.78. The second-order valence-electron chi connectivity index (χ2n) is 7.88. The zero-order valence-electron chi connectivity index (χ0n) is 17.1. The van der Waals surface area contributed by atoms with Gasteiger partial charge in [-0.3, -0.25) is 0 Å². The zero-order valence-corrected chi connectivity index (χ0v) is 17.1. The molecule has 160 valence electrons. The minimum Gasteiger partial charge on any atom is -0.445 e. The number of aryl methyl sites for hydroxylation is 1. The summed E-state index contributed by atoms with van der Waals surface area (Å²) in [4.78, 5) is 13.9. The fourth-order valence-electron chi connectivity index (χ4n) is 4.04. The summed E-state index contributed by atoms with van der Waals surface area (Å²) < 4.78 is 30.6. The molecule has 2 saturated heterocycles. The van der Waals surface area contributed by atoms with Crippen LogP contribution in [0.5, 0.6) is 0 Å². The molecule has 0 aromatic heterocycles. The van der Waals surface area contributed by atoms with E-state index in [9.17, 15) is 9.18 Å². The van der Waals surface area contributed by atoms with E-state index in [2.05, 4.69) is 0 Å². The molecule has 0 unspecified atom stereocenters. The SMILES string of the molecule is O=C(OCc1ccc(CCC2(c3ccc(F)cc3)OCCO2)cc1)N1CCCCC1. The molecule has 0 spiro atoms. The first-order valence-corrected chi connectivity index (χ1v) is 10.7. The molecule has 2 aliphatic heterocycles. The van der Waals surface area contributed by atoms with Crippen LogP contribution in [0.4, 0.5) is 9.18 Å². The number of halogens is 1. The maximum atomic E-state index is 13.3. The van der Waals surface area contributed by atoms with E-state index in [1.807, 2.05) is 24.3 Å². The van der Waals surface area contributed by atoms with E-state index in [0.717, 1.165) is 49.0 Å². The minimum absolute atomic E-state index is 0.226. The molecule has 6 heteroatoms. The van der Waals surface area contributed by atoms with Gasteiger partial charge in [-0.05, 0) is 48.9 Å². The molecule has 0 atom stereocenters. The summed E-state index contributed by atoms with van der Waals surface area (Å²) in [5.74, 6) is -1.10. The van der Waals surface area contributed by atoms with Crippen molar-refractivity contribution in [3.8, 4) is 0 Å². The summed E-state index contributed by atoms with van der Waals surface area (Å²) in [5, 5.41) is 0. The summed E-state index contributed by atoms with van der Waals surface area (Å²) in [6.07, 6.45) is 4.46. The van der Waals surface area contributed by atoms with Crippen molar-refractivity contribution in [3.63, 3.8) is 0 Å². The summed E-state index contributed by atoms with van der Waals surface area (Å²) in [7, 11) is 0. The van der Waals surface area contributed by atoms with Gasteiger partial charge in [0.25, 0.3) is 0 Å². The van der Waals surface area contributed by atoms with E-state index < -0.39 is 5.79 Å². The Labute approximate surface area is 176 Å². The summed E-state index contributed by atoms with van der Waals surface area (Å²) in [5.41, 5.74) is 2.94. The summed E-state index contributed by atoms with van der Waals surface area (Å²) in [6, 6.07) is 14.4. The Morgan fingerprint density at radius 3 is 2.23 bits per heavy atom. The standard InChI is InChI=1S/C24H28FNO4/c25-22-10-8-21(9-11-22)24(29-16-17-30-24)13-12-19-4-6-20(7-5-19)18-28-23(27)26-14-2-1-3-15-26/h4-11H,1-3,12-18H2. The third-order valence-corrected chi connectivity index (χ3v) is 5.78. The molecule has 2 aromatic rings. The molecule has 30 heavy (non-hydrogen) atoms. The number of nitrogens with zero attached hydrogens (tertiary/aromatic N) is 1. The number of piperidine rings is 1. The normalized spacial score (nSPS) is 18.4. The number of benzene rings is 2. The van der Waals surface area contributed by atoms with Gasteiger partial charge in [0, 0.05) is 25.1 Å². The van der Waals surface area contributed by atoms with Crippen LogP contribution in [0, 0.1) is 5.82 Å². The first kappa shape index (κ1) is 20.8. The lowest BCUT2D eigenvalue weighted by molar-refractivity contribution is -0.170. The smallest absolute Gasteiger partial charge is 0.410 e. The molecule has 2 aliphatic rings. The van der Waals surface area contributed by atoms with Crippen LogP contribution in [0.15, 0.2) is 48.5 Å². The minimum atomic E-state index is -0.823. The monoisotopic (exact) mass is 413 g/mol. The highest BCUT2D eigenvalue weighted by molar-refractivity contribution is 5.67. The lowest BCUT2D eigenvalue weighted by Crippen LogP contribution is -2.35. The van der Waals surface area contributed by atoms with Crippen LogP contribution < -0.4 is 0 Å². The van der Waals surface area contributed by atoms with Gasteiger partial charge in [0.05, 0.1) is 13.2 Å². The van der Waals surface area contributed by atoms with Crippen LogP contribution in [0.25, 0.3) is 0 Å². The van der Waals surface area contributed by atoms with Crippen molar-refractivity contribution >= 4 is 6.09 Å². The van der Waals surface area contributed by atoms with Gasteiger partial charge in [-0.1, -0.05) is 36.4 Å². The van der Waals surface area contributed by atoms with E-state index in [0.29, 0.717) is 19.6 Å². The van der Waals surface area contributed by atoms with Crippen LogP contribution in [0.1, 0.15) is 42.4 Å². The highest BCUT2D eigenvalue weighted by atomic mass is 19.1. The maximum absolute atomic E-state index is 13.3. The molecule has 0 radical (unpaired) electrons. The second kappa shape index (κ2) is 9.58. The van der Waals surface area contributed by atoms with E-state index in [4.69, 9.17) is 14.2 Å². The predicted molar refractivity (Wildman–Crippen MR) is 110 cm³/mol. The fourth-order valence-corrected chi connectivity index (χ4v) is 4.04. The molecular formula is C24H28FNO4. The Bertz CT molecular complexity index is 825. The van der Waals surface area contributed by atoms with Crippen LogP contribution >= 0.6 is 0 Å². The van der Waals surface area contributed by atoms with Crippen LogP contribution in [0.2, 0.25) is 0 Å². The van der Waals surface area contributed by atoms with E-state index >= 15 is 0 Å². The molecule has 1 amide bonds. The van der Waals surface area contributed by atoms with Crippen molar-refractivity contribution < 1.29 is 23.4 Å².